The number of carbonyl (C=O) groups excluding carboxylic acids is 1. The van der Waals surface area contributed by atoms with Crippen LogP contribution in [0.25, 0.3) is 5.76 Å². The minimum atomic E-state index is -0.425. The van der Waals surface area contributed by atoms with Gasteiger partial charge < -0.3 is 10.2 Å². The third-order valence-electron chi connectivity index (χ3n) is 2.59. The quantitative estimate of drug-likeness (QED) is 0.508. The molecule has 0 saturated heterocycles. The van der Waals surface area contributed by atoms with E-state index >= 15 is 0 Å². The van der Waals surface area contributed by atoms with E-state index in [1.54, 1.807) is 36.4 Å². The van der Waals surface area contributed by atoms with E-state index in [2.05, 4.69) is 0 Å². The standard InChI is InChI=1S/C15H11ClO3/c16-12-7-3-1-5-10(12)14(18)9-15(19)11-6-2-4-8-13(11)17/h1-9,17,19H/b15-9+. The third-order valence-corrected chi connectivity index (χ3v) is 2.92. The van der Waals surface area contributed by atoms with E-state index in [1.807, 2.05) is 0 Å². The number of phenolic OH excluding ortho intramolecular Hbond substituents is 1. The maximum absolute atomic E-state index is 12.0. The Bertz CT molecular complexity index is 647. The molecule has 0 saturated carbocycles. The van der Waals surface area contributed by atoms with Crippen molar-refractivity contribution in [2.24, 2.45) is 0 Å². The van der Waals surface area contributed by atoms with Crippen LogP contribution in [-0.4, -0.2) is 16.0 Å². The van der Waals surface area contributed by atoms with Gasteiger partial charge in [-0.25, -0.2) is 0 Å². The van der Waals surface area contributed by atoms with Gasteiger partial charge >= 0.3 is 0 Å². The lowest BCUT2D eigenvalue weighted by molar-refractivity contribution is 0.104. The topological polar surface area (TPSA) is 57.5 Å². The lowest BCUT2D eigenvalue weighted by Crippen LogP contribution is -1.97. The van der Waals surface area contributed by atoms with Gasteiger partial charge in [0.1, 0.15) is 11.5 Å². The van der Waals surface area contributed by atoms with Crippen molar-refractivity contribution in [1.82, 2.24) is 0 Å². The molecule has 0 bridgehead atoms. The number of benzene rings is 2. The number of ketones is 1. The number of aliphatic hydroxyl groups excluding tert-OH is 1. The molecule has 2 aromatic rings. The minimum Gasteiger partial charge on any atom is -0.507 e. The number of hydrogen-bond donors (Lipinski definition) is 2. The molecule has 0 amide bonds. The molecule has 0 radical (unpaired) electrons. The van der Waals surface area contributed by atoms with Crippen molar-refractivity contribution < 1.29 is 15.0 Å². The average molecular weight is 275 g/mol. The molecule has 0 fully saturated rings. The highest BCUT2D eigenvalue weighted by Gasteiger charge is 2.11. The third kappa shape index (κ3) is 2.95. The number of hydrogen-bond acceptors (Lipinski definition) is 3. The number of para-hydroxylation sites is 1. The van der Waals surface area contributed by atoms with E-state index in [1.165, 1.54) is 12.1 Å². The van der Waals surface area contributed by atoms with Crippen molar-refractivity contribution >= 4 is 23.1 Å². The zero-order valence-electron chi connectivity index (χ0n) is 9.88. The fourth-order valence-electron chi connectivity index (χ4n) is 1.63. The van der Waals surface area contributed by atoms with Crippen LogP contribution in [0.2, 0.25) is 5.02 Å². The van der Waals surface area contributed by atoms with Gasteiger partial charge in [0.25, 0.3) is 0 Å². The van der Waals surface area contributed by atoms with Crippen molar-refractivity contribution in [3.05, 3.63) is 70.8 Å². The molecule has 0 unspecified atom stereocenters. The summed E-state index contributed by atoms with van der Waals surface area (Å²) in [7, 11) is 0. The molecule has 2 N–H and O–H groups in total. The monoisotopic (exact) mass is 274 g/mol. The van der Waals surface area contributed by atoms with Gasteiger partial charge in [-0.15, -0.1) is 0 Å². The van der Waals surface area contributed by atoms with Crippen molar-refractivity contribution in [2.75, 3.05) is 0 Å². The van der Waals surface area contributed by atoms with Crippen LogP contribution >= 0.6 is 11.6 Å². The molecule has 4 heteroatoms. The summed E-state index contributed by atoms with van der Waals surface area (Å²) in [5.41, 5.74) is 0.494. The van der Waals surface area contributed by atoms with Gasteiger partial charge in [-0.1, -0.05) is 35.9 Å². The molecule has 0 aliphatic heterocycles. The molecule has 0 aliphatic rings. The molecular formula is C15H11ClO3. The van der Waals surface area contributed by atoms with Gasteiger partial charge in [0.2, 0.25) is 0 Å². The van der Waals surface area contributed by atoms with Crippen molar-refractivity contribution in [1.29, 1.82) is 0 Å². The Hall–Kier alpha value is -2.26. The lowest BCUT2D eigenvalue weighted by atomic mass is 10.1. The molecule has 0 aromatic heterocycles. The highest BCUT2D eigenvalue weighted by Crippen LogP contribution is 2.24. The van der Waals surface area contributed by atoms with Crippen molar-refractivity contribution in [3.63, 3.8) is 0 Å². The summed E-state index contributed by atoms with van der Waals surface area (Å²) in [6, 6.07) is 12.8. The molecule has 96 valence electrons. The van der Waals surface area contributed by atoms with Crippen LogP contribution in [0.4, 0.5) is 0 Å². The number of rotatable bonds is 3. The van der Waals surface area contributed by atoms with Crippen molar-refractivity contribution in [2.45, 2.75) is 0 Å². The first-order valence-electron chi connectivity index (χ1n) is 5.57. The number of phenols is 1. The van der Waals surface area contributed by atoms with E-state index < -0.39 is 5.78 Å². The Morgan fingerprint density at radius 3 is 2.21 bits per heavy atom. The summed E-state index contributed by atoms with van der Waals surface area (Å²) in [6.07, 6.45) is 1.04. The first kappa shape index (κ1) is 13.2. The highest BCUT2D eigenvalue weighted by atomic mass is 35.5. The zero-order valence-corrected chi connectivity index (χ0v) is 10.6. The maximum atomic E-state index is 12.0. The largest absolute Gasteiger partial charge is 0.507 e. The number of allylic oxidation sites excluding steroid dienone is 1. The molecule has 0 heterocycles. The van der Waals surface area contributed by atoms with Crippen LogP contribution in [0.15, 0.2) is 54.6 Å². The van der Waals surface area contributed by atoms with Crippen molar-refractivity contribution in [3.8, 4) is 5.75 Å². The smallest absolute Gasteiger partial charge is 0.191 e. The normalized spacial score (nSPS) is 11.3. The van der Waals surface area contributed by atoms with Gasteiger partial charge in [-0.2, -0.15) is 0 Å². The summed E-state index contributed by atoms with van der Waals surface area (Å²) in [5.74, 6) is -0.822. The molecule has 0 aliphatic carbocycles. The van der Waals surface area contributed by atoms with E-state index in [0.717, 1.165) is 6.08 Å². The molecule has 2 rings (SSSR count). The summed E-state index contributed by atoms with van der Waals surface area (Å²) in [4.78, 5) is 12.0. The SMILES string of the molecule is O=C(/C=C(/O)c1ccccc1O)c1ccccc1Cl. The lowest BCUT2D eigenvalue weighted by Gasteiger charge is -2.03. The average Bonchev–Trinajstić information content (AvgIpc) is 2.39. The second kappa shape index (κ2) is 5.59. The molecule has 0 spiro atoms. The van der Waals surface area contributed by atoms with Gasteiger partial charge in [0.05, 0.1) is 10.6 Å². The predicted molar refractivity (Wildman–Crippen MR) is 74.5 cm³/mol. The van der Waals surface area contributed by atoms with E-state index in [9.17, 15) is 15.0 Å². The Balaban J connectivity index is 2.34. The van der Waals surface area contributed by atoms with Crippen LogP contribution in [0, 0.1) is 0 Å². The summed E-state index contributed by atoms with van der Waals surface area (Å²) >= 11 is 5.90. The molecule has 19 heavy (non-hydrogen) atoms. The van der Waals surface area contributed by atoms with Gasteiger partial charge in [-0.3, -0.25) is 4.79 Å². The Morgan fingerprint density at radius 2 is 1.58 bits per heavy atom. The van der Waals surface area contributed by atoms with E-state index in [-0.39, 0.29) is 17.1 Å². The fraction of sp³-hybridized carbons (Fsp3) is 0. The van der Waals surface area contributed by atoms with Crippen LogP contribution in [0.3, 0.4) is 0 Å². The summed E-state index contributed by atoms with van der Waals surface area (Å²) in [6.45, 7) is 0. The van der Waals surface area contributed by atoms with Crippen LogP contribution in [0.1, 0.15) is 15.9 Å². The Labute approximate surface area is 115 Å². The van der Waals surface area contributed by atoms with E-state index in [4.69, 9.17) is 11.6 Å². The zero-order chi connectivity index (χ0) is 13.8. The van der Waals surface area contributed by atoms with Crippen LogP contribution < -0.4 is 0 Å². The van der Waals surface area contributed by atoms with Crippen LogP contribution in [0.5, 0.6) is 5.75 Å². The molecule has 3 nitrogen and oxygen atoms in total. The van der Waals surface area contributed by atoms with Gasteiger partial charge in [0, 0.05) is 11.6 Å². The maximum Gasteiger partial charge on any atom is 0.191 e. The number of carbonyl (C=O) groups is 1. The molecular weight excluding hydrogens is 264 g/mol. The van der Waals surface area contributed by atoms with Crippen LogP contribution in [-0.2, 0) is 0 Å². The Morgan fingerprint density at radius 1 is 1.00 bits per heavy atom. The molecule has 2 aromatic carbocycles. The first-order valence-corrected chi connectivity index (χ1v) is 5.95. The summed E-state index contributed by atoms with van der Waals surface area (Å²) < 4.78 is 0. The number of aromatic hydroxyl groups is 1. The van der Waals surface area contributed by atoms with E-state index in [0.29, 0.717) is 10.6 Å². The first-order chi connectivity index (χ1) is 9.09. The predicted octanol–water partition coefficient (Wildman–Crippen LogP) is 3.83. The highest BCUT2D eigenvalue weighted by molar-refractivity contribution is 6.34. The second-order valence-electron chi connectivity index (χ2n) is 3.89. The number of halogens is 1. The number of aliphatic hydroxyl groups is 1. The van der Waals surface area contributed by atoms with Gasteiger partial charge in [0.15, 0.2) is 5.78 Å². The fourth-order valence-corrected chi connectivity index (χ4v) is 1.86. The van der Waals surface area contributed by atoms with Gasteiger partial charge in [-0.05, 0) is 24.3 Å². The Kier molecular flexibility index (Phi) is 3.88. The second-order valence-corrected chi connectivity index (χ2v) is 4.30. The molecule has 0 atom stereocenters. The summed E-state index contributed by atoms with van der Waals surface area (Å²) in [5, 5.41) is 19.8. The minimum absolute atomic E-state index is 0.0943.